The van der Waals surface area contributed by atoms with E-state index in [1.807, 2.05) is 26.0 Å². The van der Waals surface area contributed by atoms with Gasteiger partial charge in [-0.25, -0.2) is 0 Å². The largest absolute Gasteiger partial charge is 0.338 e. The number of nitriles is 1. The molecule has 1 aromatic heterocycles. The van der Waals surface area contributed by atoms with E-state index in [-0.39, 0.29) is 22.9 Å². The normalized spacial score (nSPS) is 18.1. The highest BCUT2D eigenvalue weighted by Gasteiger charge is 2.47. The molecule has 33 heavy (non-hydrogen) atoms. The SMILES string of the molecule is CC#Cc1cc(C)c(C2C(=O)CC3(CCN(C(=O)c4ccc(C#N)s4)CC3)CC2=O)c(C)c1. The summed E-state index contributed by atoms with van der Waals surface area (Å²) in [5.74, 6) is 5.14. The number of Topliss-reactive ketones (excluding diaryl/α,β-unsaturated/α-hetero) is 2. The molecule has 0 radical (unpaired) electrons. The quantitative estimate of drug-likeness (QED) is 0.489. The summed E-state index contributed by atoms with van der Waals surface area (Å²) in [6.45, 7) is 6.72. The first-order chi connectivity index (χ1) is 15.8. The van der Waals surface area contributed by atoms with Crippen molar-refractivity contribution < 1.29 is 14.4 Å². The highest BCUT2D eigenvalue weighted by atomic mass is 32.1. The van der Waals surface area contributed by atoms with Gasteiger partial charge in [0.1, 0.15) is 28.4 Å². The monoisotopic (exact) mass is 458 g/mol. The number of benzene rings is 1. The van der Waals surface area contributed by atoms with Crippen LogP contribution >= 0.6 is 11.3 Å². The van der Waals surface area contributed by atoms with E-state index in [0.29, 0.717) is 48.5 Å². The van der Waals surface area contributed by atoms with E-state index in [4.69, 9.17) is 5.26 Å². The van der Waals surface area contributed by atoms with E-state index in [1.54, 1.807) is 24.0 Å². The number of ketones is 2. The molecule has 1 saturated heterocycles. The van der Waals surface area contributed by atoms with Crippen molar-refractivity contribution in [2.75, 3.05) is 13.1 Å². The molecule has 2 fully saturated rings. The average Bonchev–Trinajstić information content (AvgIpc) is 3.25. The van der Waals surface area contributed by atoms with Crippen LogP contribution in [0.25, 0.3) is 0 Å². The number of hydrogen-bond donors (Lipinski definition) is 0. The maximum atomic E-state index is 13.3. The molecule has 6 heteroatoms. The fraction of sp³-hybridized carbons (Fsp3) is 0.407. The molecule has 1 saturated carbocycles. The Bertz CT molecular complexity index is 1200. The topological polar surface area (TPSA) is 78.2 Å². The predicted octanol–water partition coefficient (Wildman–Crippen LogP) is 4.55. The average molecular weight is 459 g/mol. The zero-order chi connectivity index (χ0) is 23.8. The van der Waals surface area contributed by atoms with Gasteiger partial charge in [-0.1, -0.05) is 5.92 Å². The van der Waals surface area contributed by atoms with Gasteiger partial charge < -0.3 is 4.90 Å². The lowest BCUT2D eigenvalue weighted by Crippen LogP contribution is -2.48. The molecule has 0 bridgehead atoms. The molecule has 1 spiro atoms. The van der Waals surface area contributed by atoms with Gasteiger partial charge in [0.15, 0.2) is 0 Å². The van der Waals surface area contributed by atoms with Gasteiger partial charge in [-0.15, -0.1) is 17.3 Å². The van der Waals surface area contributed by atoms with E-state index in [9.17, 15) is 14.4 Å². The first-order valence-corrected chi connectivity index (χ1v) is 12.0. The molecule has 1 amide bonds. The van der Waals surface area contributed by atoms with Crippen molar-refractivity contribution in [2.24, 2.45) is 5.41 Å². The standard InChI is InChI=1S/C27H26N2O3S/c1-4-5-19-12-17(2)24(18(3)13-19)25-21(30)14-27(15-22(25)31)8-10-29(11-9-27)26(32)23-7-6-20(16-28)33-23/h6-7,12-13,25H,8-11,14-15H2,1-3H3. The third-order valence-electron chi connectivity index (χ3n) is 6.93. The minimum atomic E-state index is -0.700. The lowest BCUT2D eigenvalue weighted by Gasteiger charge is -2.44. The van der Waals surface area contributed by atoms with Crippen LogP contribution in [0.3, 0.4) is 0 Å². The molecule has 5 nitrogen and oxygen atoms in total. The minimum Gasteiger partial charge on any atom is -0.338 e. The molecule has 0 atom stereocenters. The molecule has 2 heterocycles. The van der Waals surface area contributed by atoms with Gasteiger partial charge >= 0.3 is 0 Å². The summed E-state index contributed by atoms with van der Waals surface area (Å²) in [4.78, 5) is 42.3. The third-order valence-corrected chi connectivity index (χ3v) is 7.91. The molecule has 2 aliphatic rings. The summed E-state index contributed by atoms with van der Waals surface area (Å²) in [5.41, 5.74) is 3.24. The van der Waals surface area contributed by atoms with Gasteiger partial charge in [-0.05, 0) is 80.0 Å². The summed E-state index contributed by atoms with van der Waals surface area (Å²) in [7, 11) is 0. The van der Waals surface area contributed by atoms with Crippen molar-refractivity contribution >= 4 is 28.8 Å². The number of carbonyl (C=O) groups is 3. The van der Waals surface area contributed by atoms with Crippen molar-refractivity contribution in [1.82, 2.24) is 4.90 Å². The summed E-state index contributed by atoms with van der Waals surface area (Å²) in [5, 5.41) is 9.00. The van der Waals surface area contributed by atoms with E-state index < -0.39 is 5.92 Å². The Labute approximate surface area is 198 Å². The Morgan fingerprint density at radius 1 is 1.09 bits per heavy atom. The second kappa shape index (κ2) is 8.96. The highest BCUT2D eigenvalue weighted by molar-refractivity contribution is 7.14. The summed E-state index contributed by atoms with van der Waals surface area (Å²) < 4.78 is 0. The number of carbonyl (C=O) groups excluding carboxylic acids is 3. The lowest BCUT2D eigenvalue weighted by atomic mass is 9.62. The van der Waals surface area contributed by atoms with Crippen LogP contribution in [0.5, 0.6) is 0 Å². The molecular formula is C27H26N2O3S. The number of thiophene rings is 1. The Morgan fingerprint density at radius 2 is 1.70 bits per heavy atom. The number of nitrogens with zero attached hydrogens (tertiary/aromatic N) is 2. The third kappa shape index (κ3) is 4.36. The van der Waals surface area contributed by atoms with Crippen LogP contribution in [0.1, 0.15) is 75.3 Å². The smallest absolute Gasteiger partial charge is 0.263 e. The van der Waals surface area contributed by atoms with Gasteiger partial charge in [0.25, 0.3) is 5.91 Å². The fourth-order valence-electron chi connectivity index (χ4n) is 5.36. The second-order valence-electron chi connectivity index (χ2n) is 9.19. The Balaban J connectivity index is 1.48. The van der Waals surface area contributed by atoms with Gasteiger partial charge in [0.05, 0.1) is 4.88 Å². The number of likely N-dealkylation sites (tertiary alicyclic amines) is 1. The number of aryl methyl sites for hydroxylation is 2. The zero-order valence-electron chi connectivity index (χ0n) is 19.2. The zero-order valence-corrected chi connectivity index (χ0v) is 20.0. The summed E-state index contributed by atoms with van der Waals surface area (Å²) in [6.07, 6.45) is 2.03. The maximum absolute atomic E-state index is 13.3. The van der Waals surface area contributed by atoms with Crippen LogP contribution < -0.4 is 0 Å². The van der Waals surface area contributed by atoms with Gasteiger partial charge in [-0.2, -0.15) is 5.26 Å². The molecule has 1 aliphatic heterocycles. The minimum absolute atomic E-state index is 0.0107. The Morgan fingerprint density at radius 3 is 2.21 bits per heavy atom. The van der Waals surface area contributed by atoms with Crippen LogP contribution in [0.2, 0.25) is 0 Å². The molecule has 4 rings (SSSR count). The van der Waals surface area contributed by atoms with Gasteiger partial charge in [-0.3, -0.25) is 14.4 Å². The van der Waals surface area contributed by atoms with Crippen LogP contribution in [0, 0.1) is 42.4 Å². The van der Waals surface area contributed by atoms with E-state index >= 15 is 0 Å². The van der Waals surface area contributed by atoms with Crippen LogP contribution in [0.15, 0.2) is 24.3 Å². The van der Waals surface area contributed by atoms with Crippen molar-refractivity contribution in [1.29, 1.82) is 5.26 Å². The second-order valence-corrected chi connectivity index (χ2v) is 10.3. The van der Waals surface area contributed by atoms with E-state index in [0.717, 1.165) is 22.3 Å². The Hall–Kier alpha value is -3.22. The van der Waals surface area contributed by atoms with E-state index in [1.165, 1.54) is 11.3 Å². The maximum Gasteiger partial charge on any atom is 0.263 e. The van der Waals surface area contributed by atoms with Crippen molar-refractivity contribution in [2.45, 2.75) is 52.4 Å². The van der Waals surface area contributed by atoms with Gasteiger partial charge in [0, 0.05) is 31.5 Å². The number of rotatable bonds is 2. The molecule has 2 aromatic rings. The Kier molecular flexibility index (Phi) is 6.23. The van der Waals surface area contributed by atoms with Crippen LogP contribution in [-0.4, -0.2) is 35.5 Å². The van der Waals surface area contributed by atoms with Crippen LogP contribution in [0.4, 0.5) is 0 Å². The first-order valence-electron chi connectivity index (χ1n) is 11.2. The lowest BCUT2D eigenvalue weighted by molar-refractivity contribution is -0.138. The van der Waals surface area contributed by atoms with E-state index in [2.05, 4.69) is 17.9 Å². The van der Waals surface area contributed by atoms with Gasteiger partial charge in [0.2, 0.25) is 0 Å². The first kappa shape index (κ1) is 23.0. The number of piperidine rings is 1. The number of hydrogen-bond acceptors (Lipinski definition) is 5. The molecule has 1 aromatic carbocycles. The fourth-order valence-corrected chi connectivity index (χ4v) is 6.13. The van der Waals surface area contributed by atoms with Crippen molar-refractivity contribution in [3.8, 4) is 17.9 Å². The summed E-state index contributed by atoms with van der Waals surface area (Å²) in [6, 6.07) is 9.32. The molecular weight excluding hydrogens is 432 g/mol. The highest BCUT2D eigenvalue weighted by Crippen LogP contribution is 2.46. The molecule has 168 valence electrons. The summed E-state index contributed by atoms with van der Waals surface area (Å²) >= 11 is 1.20. The number of amides is 1. The predicted molar refractivity (Wildman–Crippen MR) is 127 cm³/mol. The molecule has 0 unspecified atom stereocenters. The molecule has 1 aliphatic carbocycles. The van der Waals surface area contributed by atoms with Crippen LogP contribution in [-0.2, 0) is 9.59 Å². The van der Waals surface area contributed by atoms with Crippen molar-refractivity contribution in [3.05, 3.63) is 56.3 Å². The molecule has 0 N–H and O–H groups in total. The van der Waals surface area contributed by atoms with Crippen molar-refractivity contribution in [3.63, 3.8) is 0 Å².